The molecule has 0 atom stereocenters. The predicted octanol–water partition coefficient (Wildman–Crippen LogP) is 0.803. The first-order valence-electron chi connectivity index (χ1n) is 12.3. The molecule has 2 N–H and O–H groups in total. The second-order valence-corrected chi connectivity index (χ2v) is 9.07. The van der Waals surface area contributed by atoms with Crippen molar-refractivity contribution in [3.63, 3.8) is 0 Å². The van der Waals surface area contributed by atoms with E-state index in [0.29, 0.717) is 13.1 Å². The van der Waals surface area contributed by atoms with Crippen LogP contribution in [0.5, 0.6) is 0 Å². The second kappa shape index (κ2) is 13.7. The summed E-state index contributed by atoms with van der Waals surface area (Å²) in [5, 5.41) is 18.1. The van der Waals surface area contributed by atoms with Gasteiger partial charge in [-0.05, 0) is 24.3 Å². The monoisotopic (exact) mass is 496 g/mol. The van der Waals surface area contributed by atoms with Crippen LogP contribution in [0.4, 0.5) is 11.4 Å². The number of hydrogen-bond donors (Lipinski definition) is 2. The minimum absolute atomic E-state index is 0.0518. The number of piperazine rings is 2. The Balaban J connectivity index is 0.000000840. The summed E-state index contributed by atoms with van der Waals surface area (Å²) in [5.74, 6) is -0.833. The van der Waals surface area contributed by atoms with Crippen molar-refractivity contribution in [2.75, 3.05) is 75.2 Å². The van der Waals surface area contributed by atoms with E-state index in [4.69, 9.17) is 9.90 Å². The fourth-order valence-electron chi connectivity index (χ4n) is 4.56. The number of rotatable bonds is 6. The third-order valence-electron chi connectivity index (χ3n) is 6.32. The van der Waals surface area contributed by atoms with Crippen LogP contribution in [0.2, 0.25) is 0 Å². The molecule has 0 bridgehead atoms. The predicted molar refractivity (Wildman–Crippen MR) is 142 cm³/mol. The lowest BCUT2D eigenvalue weighted by atomic mass is 10.2. The normalized spacial score (nSPS) is 16.9. The van der Waals surface area contributed by atoms with Crippen LogP contribution >= 0.6 is 0 Å². The molecule has 0 spiro atoms. The Morgan fingerprint density at radius 2 is 1.03 bits per heavy atom. The van der Waals surface area contributed by atoms with Crippen LogP contribution in [0.3, 0.4) is 0 Å². The van der Waals surface area contributed by atoms with Crippen LogP contribution in [0.25, 0.3) is 0 Å². The van der Waals surface area contributed by atoms with Crippen molar-refractivity contribution >= 4 is 17.3 Å². The lowest BCUT2D eigenvalue weighted by Gasteiger charge is -2.39. The highest BCUT2D eigenvalue weighted by molar-refractivity contribution is 5.63. The number of carbonyl (C=O) groups is 1. The Kier molecular flexibility index (Phi) is 10.4. The number of carboxylic acids is 1. The van der Waals surface area contributed by atoms with Crippen molar-refractivity contribution in [1.82, 2.24) is 9.80 Å². The maximum atomic E-state index is 12.2. The van der Waals surface area contributed by atoms with E-state index in [-0.39, 0.29) is 10.9 Å². The quantitative estimate of drug-likeness (QED) is 0.601. The van der Waals surface area contributed by atoms with Gasteiger partial charge in [0.15, 0.2) is 0 Å². The maximum Gasteiger partial charge on any atom is 0.300 e. The van der Waals surface area contributed by atoms with E-state index >= 15 is 0 Å². The Hall–Kier alpha value is -3.27. The van der Waals surface area contributed by atoms with Gasteiger partial charge < -0.3 is 20.0 Å². The van der Waals surface area contributed by atoms with Gasteiger partial charge in [0.2, 0.25) is 10.9 Å². The number of β-amino-alcohol motifs (C(OH)–C–C–N with tert-alkyl or cyclic N) is 1. The Bertz CT molecular complexity index is 1010. The SMILES string of the molecule is CC(=O)O.O=c1cccccc1N1CCN(CC(O)CN2CCN(c3cccccc3=O)CC2)CC1. The Morgan fingerprint density at radius 1 is 0.694 bits per heavy atom. The summed E-state index contributed by atoms with van der Waals surface area (Å²) in [6, 6.07) is 18.1. The van der Waals surface area contributed by atoms with Crippen molar-refractivity contribution in [2.45, 2.75) is 13.0 Å². The average Bonchev–Trinajstić information content (AvgIpc) is 3.19. The number of nitrogens with zero attached hydrogens (tertiary/aromatic N) is 4. The van der Waals surface area contributed by atoms with Gasteiger partial charge >= 0.3 is 0 Å². The molecule has 2 aliphatic rings. The Morgan fingerprint density at radius 3 is 1.39 bits per heavy atom. The first kappa shape index (κ1) is 27.3. The van der Waals surface area contributed by atoms with Gasteiger partial charge in [0.25, 0.3) is 5.97 Å². The van der Waals surface area contributed by atoms with Gasteiger partial charge in [-0.2, -0.15) is 0 Å². The van der Waals surface area contributed by atoms with Crippen LogP contribution in [0.1, 0.15) is 6.92 Å². The molecule has 2 aromatic carbocycles. The number of aliphatic hydroxyl groups excluding tert-OH is 1. The van der Waals surface area contributed by atoms with Crippen molar-refractivity contribution in [3.8, 4) is 0 Å². The van der Waals surface area contributed by atoms with Crippen molar-refractivity contribution in [1.29, 1.82) is 0 Å². The molecule has 9 nitrogen and oxygen atoms in total. The van der Waals surface area contributed by atoms with Gasteiger partial charge in [-0.1, -0.05) is 36.4 Å². The molecule has 0 aromatic heterocycles. The molecule has 0 saturated carbocycles. The van der Waals surface area contributed by atoms with E-state index in [0.717, 1.165) is 70.7 Å². The minimum Gasteiger partial charge on any atom is -0.481 e. The van der Waals surface area contributed by atoms with Gasteiger partial charge in [-0.15, -0.1) is 0 Å². The van der Waals surface area contributed by atoms with Gasteiger partial charge in [-0.25, -0.2) is 0 Å². The molecule has 4 rings (SSSR count). The van der Waals surface area contributed by atoms with E-state index in [1.165, 1.54) is 0 Å². The molecular weight excluding hydrogens is 460 g/mol. The van der Waals surface area contributed by atoms with Gasteiger partial charge in [0, 0.05) is 72.4 Å². The van der Waals surface area contributed by atoms with E-state index in [2.05, 4.69) is 19.6 Å². The summed E-state index contributed by atoms with van der Waals surface area (Å²) in [7, 11) is 0. The number of anilines is 2. The lowest BCUT2D eigenvalue weighted by Crippen LogP contribution is -2.53. The molecule has 9 heteroatoms. The fourth-order valence-corrected chi connectivity index (χ4v) is 4.56. The molecule has 36 heavy (non-hydrogen) atoms. The Labute approximate surface area is 211 Å². The van der Waals surface area contributed by atoms with E-state index in [9.17, 15) is 14.7 Å². The molecule has 2 saturated heterocycles. The number of aliphatic carboxylic acids is 1. The van der Waals surface area contributed by atoms with Crippen LogP contribution in [0.15, 0.2) is 70.3 Å². The summed E-state index contributed by atoms with van der Waals surface area (Å²) in [5.41, 5.74) is 1.61. The highest BCUT2D eigenvalue weighted by Crippen LogP contribution is 2.13. The third-order valence-corrected chi connectivity index (χ3v) is 6.32. The molecular formula is C27H36N4O5. The van der Waals surface area contributed by atoms with Gasteiger partial charge in [0.05, 0.1) is 17.5 Å². The number of hydrogen-bond acceptors (Lipinski definition) is 8. The van der Waals surface area contributed by atoms with Crippen molar-refractivity contribution in [2.24, 2.45) is 0 Å². The summed E-state index contributed by atoms with van der Waals surface area (Å²) in [6.45, 7) is 8.85. The van der Waals surface area contributed by atoms with Crippen molar-refractivity contribution < 1.29 is 15.0 Å². The zero-order chi connectivity index (χ0) is 25.9. The van der Waals surface area contributed by atoms with E-state index in [1.807, 2.05) is 36.4 Å². The molecule has 194 valence electrons. The van der Waals surface area contributed by atoms with E-state index in [1.54, 1.807) is 24.3 Å². The largest absolute Gasteiger partial charge is 0.481 e. The number of aliphatic hydroxyl groups is 1. The van der Waals surface area contributed by atoms with Crippen LogP contribution < -0.4 is 20.7 Å². The smallest absolute Gasteiger partial charge is 0.300 e. The summed E-state index contributed by atoms with van der Waals surface area (Å²) < 4.78 is 0. The summed E-state index contributed by atoms with van der Waals surface area (Å²) >= 11 is 0. The molecule has 0 aliphatic carbocycles. The molecule has 0 unspecified atom stereocenters. The molecule has 2 aliphatic heterocycles. The first-order chi connectivity index (χ1) is 17.3. The molecule has 0 radical (unpaired) electrons. The highest BCUT2D eigenvalue weighted by atomic mass is 16.4. The minimum atomic E-state index is -0.833. The maximum absolute atomic E-state index is 12.2. The van der Waals surface area contributed by atoms with E-state index < -0.39 is 12.1 Å². The fraction of sp³-hybridized carbons (Fsp3) is 0.444. The standard InChI is InChI=1S/C25H32N4O3.C2H4O2/c30-21(19-26-11-15-28(16-12-26)22-7-3-1-5-9-24(22)31)20-27-13-17-29(18-14-27)23-8-4-2-6-10-25(23)32;1-2(3)4/h1-10,21,30H,11-20H2;1H3,(H,3,4). The zero-order valence-electron chi connectivity index (χ0n) is 20.8. The highest BCUT2D eigenvalue weighted by Gasteiger charge is 2.24. The molecule has 2 aromatic rings. The van der Waals surface area contributed by atoms with Crippen LogP contribution in [-0.4, -0.2) is 97.5 Å². The third kappa shape index (κ3) is 8.44. The summed E-state index contributed by atoms with van der Waals surface area (Å²) in [4.78, 5) is 42.3. The molecule has 2 heterocycles. The average molecular weight is 497 g/mol. The van der Waals surface area contributed by atoms with Crippen LogP contribution in [0, 0.1) is 0 Å². The van der Waals surface area contributed by atoms with Gasteiger partial charge in [0.1, 0.15) is 0 Å². The second-order valence-electron chi connectivity index (χ2n) is 9.07. The summed E-state index contributed by atoms with van der Waals surface area (Å²) in [6.07, 6.45) is -0.415. The molecule has 0 amide bonds. The van der Waals surface area contributed by atoms with Crippen LogP contribution in [-0.2, 0) is 4.79 Å². The zero-order valence-corrected chi connectivity index (χ0v) is 20.8. The number of carboxylic acid groups (broad SMARTS) is 1. The van der Waals surface area contributed by atoms with Gasteiger partial charge in [-0.3, -0.25) is 24.2 Å². The molecule has 2 fully saturated rings. The first-order valence-corrected chi connectivity index (χ1v) is 12.3. The van der Waals surface area contributed by atoms with Crippen molar-refractivity contribution in [3.05, 3.63) is 81.1 Å². The topological polar surface area (TPSA) is 105 Å². The lowest BCUT2D eigenvalue weighted by molar-refractivity contribution is -0.134.